The lowest BCUT2D eigenvalue weighted by Crippen LogP contribution is -1.98. The molecule has 1 N–H and O–H groups in total. The fourth-order valence-electron chi connectivity index (χ4n) is 1.61. The first kappa shape index (κ1) is 13.9. The molecule has 106 valence electrons. The van der Waals surface area contributed by atoms with E-state index in [1.807, 2.05) is 13.8 Å². The van der Waals surface area contributed by atoms with Crippen LogP contribution in [0.4, 0.5) is 0 Å². The van der Waals surface area contributed by atoms with E-state index in [1.54, 1.807) is 18.2 Å². The normalized spacial score (nSPS) is 10.3. The molecular weight excluding hydrogens is 264 g/mol. The van der Waals surface area contributed by atoms with Gasteiger partial charge >= 0.3 is 11.9 Å². The highest BCUT2D eigenvalue weighted by Crippen LogP contribution is 2.32. The first-order chi connectivity index (χ1) is 9.65. The number of aromatic nitrogens is 2. The summed E-state index contributed by atoms with van der Waals surface area (Å²) in [6.45, 7) is 4.73. The molecule has 0 unspecified atom stereocenters. The lowest BCUT2D eigenvalue weighted by molar-refractivity contribution is 0.0654. The molecule has 0 spiro atoms. The summed E-state index contributed by atoms with van der Waals surface area (Å²) in [5.74, 6) is -0.448. The summed E-state index contributed by atoms with van der Waals surface area (Å²) in [5.41, 5.74) is 0.567. The van der Waals surface area contributed by atoms with Crippen LogP contribution < -0.4 is 9.47 Å². The van der Waals surface area contributed by atoms with Crippen LogP contribution in [0, 0.1) is 0 Å². The van der Waals surface area contributed by atoms with Crippen molar-refractivity contribution in [2.75, 3.05) is 13.2 Å². The van der Waals surface area contributed by atoms with Crippen molar-refractivity contribution in [3.63, 3.8) is 0 Å². The van der Waals surface area contributed by atoms with Crippen LogP contribution in [0.5, 0.6) is 11.5 Å². The van der Waals surface area contributed by atoms with E-state index in [1.165, 1.54) is 0 Å². The number of rotatable bonds is 6. The Labute approximate surface area is 115 Å². The highest BCUT2D eigenvalue weighted by Gasteiger charge is 2.16. The van der Waals surface area contributed by atoms with E-state index in [4.69, 9.17) is 19.0 Å². The van der Waals surface area contributed by atoms with Crippen LogP contribution in [0.15, 0.2) is 22.6 Å². The second-order valence-electron chi connectivity index (χ2n) is 3.75. The molecule has 0 aliphatic carbocycles. The van der Waals surface area contributed by atoms with Gasteiger partial charge in [-0.15, -0.1) is 10.2 Å². The summed E-state index contributed by atoms with van der Waals surface area (Å²) in [7, 11) is 0. The zero-order valence-corrected chi connectivity index (χ0v) is 11.1. The Morgan fingerprint density at radius 1 is 1.20 bits per heavy atom. The van der Waals surface area contributed by atoms with E-state index in [0.29, 0.717) is 30.3 Å². The largest absolute Gasteiger partial charge is 0.490 e. The second-order valence-corrected chi connectivity index (χ2v) is 3.75. The van der Waals surface area contributed by atoms with Gasteiger partial charge in [0, 0.05) is 5.56 Å². The number of hydrogen-bond acceptors (Lipinski definition) is 6. The third kappa shape index (κ3) is 2.87. The van der Waals surface area contributed by atoms with E-state index in [9.17, 15) is 4.79 Å². The molecule has 20 heavy (non-hydrogen) atoms. The fraction of sp³-hybridized carbons (Fsp3) is 0.308. The molecule has 2 rings (SSSR count). The van der Waals surface area contributed by atoms with Crippen molar-refractivity contribution in [2.45, 2.75) is 13.8 Å². The number of carboxylic acid groups (broad SMARTS) is 1. The molecule has 7 heteroatoms. The molecule has 1 aromatic heterocycles. The standard InChI is InChI=1S/C13H14N2O5/c1-3-18-9-6-5-8(7-10(9)19-4-2)11-14-15-12(20-11)13(16)17/h5-7H,3-4H2,1-2H3,(H,16,17). The first-order valence-corrected chi connectivity index (χ1v) is 6.12. The maximum absolute atomic E-state index is 10.7. The van der Waals surface area contributed by atoms with E-state index >= 15 is 0 Å². The molecule has 1 heterocycles. The summed E-state index contributed by atoms with van der Waals surface area (Å²) in [5, 5.41) is 15.9. The molecule has 1 aromatic carbocycles. The third-order valence-electron chi connectivity index (χ3n) is 2.40. The summed E-state index contributed by atoms with van der Waals surface area (Å²) in [6, 6.07) is 5.09. The maximum Gasteiger partial charge on any atom is 0.393 e. The van der Waals surface area contributed by atoms with Crippen LogP contribution in [-0.2, 0) is 0 Å². The van der Waals surface area contributed by atoms with Gasteiger partial charge in [-0.05, 0) is 32.0 Å². The van der Waals surface area contributed by atoms with Crippen LogP contribution in [0.2, 0.25) is 0 Å². The number of hydrogen-bond donors (Lipinski definition) is 1. The van der Waals surface area contributed by atoms with E-state index in [0.717, 1.165) is 0 Å². The summed E-state index contributed by atoms with van der Waals surface area (Å²) in [6.07, 6.45) is 0. The van der Waals surface area contributed by atoms with Gasteiger partial charge < -0.3 is 19.0 Å². The van der Waals surface area contributed by atoms with Crippen molar-refractivity contribution in [1.82, 2.24) is 10.2 Å². The van der Waals surface area contributed by atoms with Gasteiger partial charge in [0.2, 0.25) is 5.89 Å². The molecule has 0 amide bonds. The Kier molecular flexibility index (Phi) is 4.19. The SMILES string of the molecule is CCOc1ccc(-c2nnc(C(=O)O)o2)cc1OCC. The zero-order valence-electron chi connectivity index (χ0n) is 11.1. The third-order valence-corrected chi connectivity index (χ3v) is 2.40. The van der Waals surface area contributed by atoms with Gasteiger partial charge in [0.25, 0.3) is 0 Å². The molecule has 0 saturated carbocycles. The average molecular weight is 278 g/mol. The number of ether oxygens (including phenoxy) is 2. The van der Waals surface area contributed by atoms with Crippen LogP contribution in [-0.4, -0.2) is 34.5 Å². The first-order valence-electron chi connectivity index (χ1n) is 6.12. The van der Waals surface area contributed by atoms with Crippen molar-refractivity contribution >= 4 is 5.97 Å². The molecule has 0 atom stereocenters. The minimum absolute atomic E-state index is 0.117. The van der Waals surface area contributed by atoms with E-state index in [2.05, 4.69) is 10.2 Å². The highest BCUT2D eigenvalue weighted by atomic mass is 16.5. The van der Waals surface area contributed by atoms with Gasteiger partial charge in [-0.2, -0.15) is 0 Å². The van der Waals surface area contributed by atoms with Gasteiger partial charge in [-0.1, -0.05) is 0 Å². The van der Waals surface area contributed by atoms with Crippen LogP contribution in [0.1, 0.15) is 24.5 Å². The molecular formula is C13H14N2O5. The molecule has 0 radical (unpaired) electrons. The van der Waals surface area contributed by atoms with Crippen molar-refractivity contribution in [3.05, 3.63) is 24.1 Å². The minimum Gasteiger partial charge on any atom is -0.490 e. The van der Waals surface area contributed by atoms with Crippen molar-refractivity contribution in [1.29, 1.82) is 0 Å². The molecule has 0 bridgehead atoms. The Morgan fingerprint density at radius 3 is 2.50 bits per heavy atom. The summed E-state index contributed by atoms with van der Waals surface area (Å²) >= 11 is 0. The second kappa shape index (κ2) is 6.05. The van der Waals surface area contributed by atoms with Crippen molar-refractivity contribution < 1.29 is 23.8 Å². The Morgan fingerprint density at radius 2 is 1.90 bits per heavy atom. The molecule has 0 saturated heterocycles. The number of carboxylic acids is 1. The molecule has 0 aliphatic rings. The maximum atomic E-state index is 10.7. The fourth-order valence-corrected chi connectivity index (χ4v) is 1.61. The van der Waals surface area contributed by atoms with Gasteiger partial charge in [-0.25, -0.2) is 4.79 Å². The van der Waals surface area contributed by atoms with Gasteiger partial charge in [0.15, 0.2) is 11.5 Å². The monoisotopic (exact) mass is 278 g/mol. The number of benzene rings is 1. The predicted molar refractivity (Wildman–Crippen MR) is 69.0 cm³/mol. The molecule has 0 fully saturated rings. The number of carbonyl (C=O) groups is 1. The van der Waals surface area contributed by atoms with Crippen LogP contribution in [0.3, 0.4) is 0 Å². The quantitative estimate of drug-likeness (QED) is 0.865. The molecule has 2 aromatic rings. The Bertz CT molecular complexity index is 609. The lowest BCUT2D eigenvalue weighted by atomic mass is 10.2. The van der Waals surface area contributed by atoms with Gasteiger partial charge in [0.05, 0.1) is 13.2 Å². The topological polar surface area (TPSA) is 94.7 Å². The zero-order chi connectivity index (χ0) is 14.5. The van der Waals surface area contributed by atoms with E-state index < -0.39 is 11.9 Å². The van der Waals surface area contributed by atoms with Crippen LogP contribution >= 0.6 is 0 Å². The minimum atomic E-state index is -1.26. The number of aromatic carboxylic acids is 1. The summed E-state index contributed by atoms with van der Waals surface area (Å²) < 4.78 is 16.0. The molecule has 7 nitrogen and oxygen atoms in total. The lowest BCUT2D eigenvalue weighted by Gasteiger charge is -2.11. The van der Waals surface area contributed by atoms with Gasteiger partial charge in [-0.3, -0.25) is 0 Å². The average Bonchev–Trinajstić information content (AvgIpc) is 2.91. The predicted octanol–water partition coefficient (Wildman–Crippen LogP) is 2.23. The van der Waals surface area contributed by atoms with Gasteiger partial charge in [0.1, 0.15) is 0 Å². The Hall–Kier alpha value is -2.57. The van der Waals surface area contributed by atoms with Crippen molar-refractivity contribution in [3.8, 4) is 23.0 Å². The number of nitrogens with zero attached hydrogens (tertiary/aromatic N) is 2. The molecule has 0 aliphatic heterocycles. The van der Waals surface area contributed by atoms with Crippen molar-refractivity contribution in [2.24, 2.45) is 0 Å². The van der Waals surface area contributed by atoms with Crippen LogP contribution in [0.25, 0.3) is 11.5 Å². The Balaban J connectivity index is 2.36. The highest BCUT2D eigenvalue weighted by molar-refractivity contribution is 5.82. The smallest absolute Gasteiger partial charge is 0.393 e. The van der Waals surface area contributed by atoms with E-state index in [-0.39, 0.29) is 5.89 Å². The summed E-state index contributed by atoms with van der Waals surface area (Å²) in [4.78, 5) is 10.7.